The zero-order chi connectivity index (χ0) is 37.3. The lowest BCUT2D eigenvalue weighted by Gasteiger charge is -2.28. The predicted octanol–water partition coefficient (Wildman–Crippen LogP) is 7.85. The Morgan fingerprint density at radius 1 is 0.765 bits per heavy atom. The van der Waals surface area contributed by atoms with Gasteiger partial charge in [0.25, 0.3) is 5.91 Å². The van der Waals surface area contributed by atoms with E-state index in [9.17, 15) is 18.4 Å². The predicted molar refractivity (Wildman–Crippen MR) is 202 cm³/mol. The van der Waals surface area contributed by atoms with Gasteiger partial charge in [-0.15, -0.1) is 0 Å². The second-order valence-corrected chi connectivity index (χ2v) is 14.9. The number of nitrogens with one attached hydrogen (secondary N) is 2. The van der Waals surface area contributed by atoms with E-state index in [-0.39, 0.29) is 37.4 Å². The van der Waals surface area contributed by atoms with Crippen molar-refractivity contribution in [1.82, 2.24) is 10.6 Å². The lowest BCUT2D eigenvalue weighted by Crippen LogP contribution is -2.51. The first-order chi connectivity index (χ1) is 24.5. The molecule has 8 nitrogen and oxygen atoms in total. The molecule has 2 amide bonds. The van der Waals surface area contributed by atoms with Gasteiger partial charge in [0.05, 0.1) is 6.61 Å². The van der Waals surface area contributed by atoms with Crippen LogP contribution < -0.4 is 22.1 Å². The van der Waals surface area contributed by atoms with Crippen LogP contribution >= 0.6 is 0 Å². The Hall–Kier alpha value is -2.92. The van der Waals surface area contributed by atoms with Crippen LogP contribution in [0.1, 0.15) is 128 Å². The summed E-state index contributed by atoms with van der Waals surface area (Å²) in [5.41, 5.74) is 13.1. The van der Waals surface area contributed by atoms with Crippen molar-refractivity contribution >= 4 is 11.8 Å². The van der Waals surface area contributed by atoms with E-state index in [1.807, 2.05) is 44.2 Å². The number of nitrogens with two attached hydrogens (primary N) is 2. The molecule has 2 aromatic rings. The third-order valence-electron chi connectivity index (χ3n) is 9.16. The van der Waals surface area contributed by atoms with Gasteiger partial charge in [0.15, 0.2) is 6.10 Å². The molecule has 10 heteroatoms. The number of rotatable bonds is 29. The Morgan fingerprint density at radius 3 is 1.94 bits per heavy atom. The van der Waals surface area contributed by atoms with E-state index in [2.05, 4.69) is 17.6 Å². The molecule has 0 bridgehead atoms. The van der Waals surface area contributed by atoms with Gasteiger partial charge in [-0.3, -0.25) is 9.59 Å². The third-order valence-corrected chi connectivity index (χ3v) is 9.16. The van der Waals surface area contributed by atoms with Crippen molar-refractivity contribution in [3.63, 3.8) is 0 Å². The summed E-state index contributed by atoms with van der Waals surface area (Å²) in [5.74, 6) is -1.83. The van der Waals surface area contributed by atoms with Crippen molar-refractivity contribution in [3.05, 3.63) is 71.3 Å². The van der Waals surface area contributed by atoms with Crippen molar-refractivity contribution in [1.29, 1.82) is 0 Å². The van der Waals surface area contributed by atoms with Gasteiger partial charge >= 0.3 is 0 Å². The molecule has 288 valence electrons. The third kappa shape index (κ3) is 20.6. The molecule has 2 aromatic carbocycles. The first kappa shape index (κ1) is 44.2. The summed E-state index contributed by atoms with van der Waals surface area (Å²) >= 11 is 0. The minimum Gasteiger partial charge on any atom is -0.355 e. The molecular formula is C41H66F2N4O4. The van der Waals surface area contributed by atoms with E-state index < -0.39 is 41.1 Å². The number of hydrogen-bond acceptors (Lipinski definition) is 6. The number of carbonyl (C=O) groups is 2. The van der Waals surface area contributed by atoms with Gasteiger partial charge < -0.3 is 22.1 Å². The maximum Gasteiger partial charge on any atom is 0.254 e. The molecule has 51 heavy (non-hydrogen) atoms. The highest BCUT2D eigenvalue weighted by Crippen LogP contribution is 2.16. The standard InChI is InChI=1S/C41H66F2N4O4/c1-4-5-6-7-8-9-10-11-12-13-14-15-16-20-25-50-51-39(37(45)26-32-21-18-17-19-22-32)40(49)47-31-41(2,3)30-46-38(48)29-35(44)28-33-27-34(42)23-24-36(33)43/h17-19,21-24,27,35,37,39H,4-16,20,25-26,28-31,44-45H2,1-3H3,(H,46,48)(H,47,49). The van der Waals surface area contributed by atoms with Crippen LogP contribution in [0.5, 0.6) is 0 Å². The Kier molecular flexibility index (Phi) is 22.5. The minimum atomic E-state index is -1.02. The molecule has 0 heterocycles. The average molecular weight is 717 g/mol. The summed E-state index contributed by atoms with van der Waals surface area (Å²) in [7, 11) is 0. The van der Waals surface area contributed by atoms with Gasteiger partial charge in [0.1, 0.15) is 11.6 Å². The number of benzene rings is 2. The summed E-state index contributed by atoms with van der Waals surface area (Å²) in [5, 5.41) is 5.77. The molecule has 6 N–H and O–H groups in total. The molecule has 0 aliphatic rings. The van der Waals surface area contributed by atoms with Gasteiger partial charge in [-0.05, 0) is 54.0 Å². The fraction of sp³-hybridized carbons (Fsp3) is 0.659. The molecule has 0 saturated heterocycles. The van der Waals surface area contributed by atoms with Gasteiger partial charge in [-0.2, -0.15) is 0 Å². The van der Waals surface area contributed by atoms with Gasteiger partial charge in [-0.1, -0.05) is 135 Å². The van der Waals surface area contributed by atoms with Crippen LogP contribution in [-0.2, 0) is 32.2 Å². The zero-order valence-corrected chi connectivity index (χ0v) is 31.5. The first-order valence-electron chi connectivity index (χ1n) is 19.3. The molecule has 0 spiro atoms. The monoisotopic (exact) mass is 717 g/mol. The van der Waals surface area contributed by atoms with Crippen LogP contribution in [0.3, 0.4) is 0 Å². The lowest BCUT2D eigenvalue weighted by molar-refractivity contribution is -0.320. The Balaban J connectivity index is 1.72. The van der Waals surface area contributed by atoms with E-state index in [0.717, 1.165) is 43.0 Å². The van der Waals surface area contributed by atoms with Crippen LogP contribution in [0, 0.1) is 17.0 Å². The summed E-state index contributed by atoms with van der Waals surface area (Å²) in [4.78, 5) is 37.1. The van der Waals surface area contributed by atoms with E-state index in [1.54, 1.807) is 0 Å². The van der Waals surface area contributed by atoms with E-state index >= 15 is 0 Å². The SMILES string of the molecule is CCCCCCCCCCCCCCCCOOC(C(=O)NCC(C)(C)CNC(=O)CC(N)Cc1cc(F)ccc1F)C(N)Cc1ccccc1. The fourth-order valence-corrected chi connectivity index (χ4v) is 5.97. The normalized spacial score (nSPS) is 13.5. The summed E-state index contributed by atoms with van der Waals surface area (Å²) in [6, 6.07) is 11.5. The molecule has 0 aliphatic heterocycles. The van der Waals surface area contributed by atoms with Crippen LogP contribution in [0.2, 0.25) is 0 Å². The largest absolute Gasteiger partial charge is 0.355 e. The number of carbonyl (C=O) groups excluding carboxylic acids is 2. The fourth-order valence-electron chi connectivity index (χ4n) is 5.97. The topological polar surface area (TPSA) is 129 Å². The van der Waals surface area contributed by atoms with Crippen molar-refractivity contribution in [3.8, 4) is 0 Å². The highest BCUT2D eigenvalue weighted by molar-refractivity contribution is 5.81. The summed E-state index contributed by atoms with van der Waals surface area (Å²) in [6.45, 7) is 6.94. The highest BCUT2D eigenvalue weighted by atomic mass is 19.1. The van der Waals surface area contributed by atoms with E-state index in [4.69, 9.17) is 21.2 Å². The Bertz CT molecular complexity index is 1230. The molecule has 2 rings (SSSR count). The van der Waals surface area contributed by atoms with E-state index in [1.165, 1.54) is 70.6 Å². The second-order valence-electron chi connectivity index (χ2n) is 14.9. The smallest absolute Gasteiger partial charge is 0.254 e. The van der Waals surface area contributed by atoms with Crippen LogP contribution in [0.25, 0.3) is 0 Å². The number of halogens is 2. The average Bonchev–Trinajstić information content (AvgIpc) is 3.10. The lowest BCUT2D eigenvalue weighted by atomic mass is 9.92. The number of unbranched alkanes of at least 4 members (excludes halogenated alkanes) is 13. The van der Waals surface area contributed by atoms with Crippen LogP contribution in [0.15, 0.2) is 48.5 Å². The second kappa shape index (κ2) is 25.9. The minimum absolute atomic E-state index is 0.0303. The van der Waals surface area contributed by atoms with Crippen LogP contribution in [0.4, 0.5) is 8.78 Å². The maximum atomic E-state index is 14.0. The molecular weight excluding hydrogens is 650 g/mol. The van der Waals surface area contributed by atoms with E-state index in [0.29, 0.717) is 13.0 Å². The van der Waals surface area contributed by atoms with Crippen molar-refractivity contribution in [2.45, 2.75) is 148 Å². The van der Waals surface area contributed by atoms with Crippen molar-refractivity contribution < 1.29 is 28.1 Å². The number of amides is 2. The molecule has 0 aliphatic carbocycles. The Labute approximate surface area is 306 Å². The van der Waals surface area contributed by atoms with Gasteiger partial charge in [-0.25, -0.2) is 18.6 Å². The molecule has 0 saturated carbocycles. The van der Waals surface area contributed by atoms with Gasteiger partial charge in [0, 0.05) is 31.6 Å². The number of hydrogen-bond donors (Lipinski definition) is 4. The summed E-state index contributed by atoms with van der Waals surface area (Å²) < 4.78 is 27.5. The molecule has 0 fully saturated rings. The molecule has 0 radical (unpaired) electrons. The Morgan fingerprint density at radius 2 is 1.33 bits per heavy atom. The first-order valence-corrected chi connectivity index (χ1v) is 19.3. The maximum absolute atomic E-state index is 14.0. The van der Waals surface area contributed by atoms with Crippen LogP contribution in [-0.4, -0.2) is 49.7 Å². The molecule has 3 unspecified atom stereocenters. The van der Waals surface area contributed by atoms with Gasteiger partial charge in [0.2, 0.25) is 5.91 Å². The van der Waals surface area contributed by atoms with Crippen molar-refractivity contribution in [2.75, 3.05) is 19.7 Å². The summed E-state index contributed by atoms with van der Waals surface area (Å²) in [6.07, 6.45) is 17.1. The zero-order valence-electron chi connectivity index (χ0n) is 31.5. The quantitative estimate of drug-likeness (QED) is 0.0386. The highest BCUT2D eigenvalue weighted by Gasteiger charge is 2.30. The molecule has 3 atom stereocenters. The van der Waals surface area contributed by atoms with Crippen molar-refractivity contribution in [2.24, 2.45) is 16.9 Å². The molecule has 0 aromatic heterocycles.